The van der Waals surface area contributed by atoms with Gasteiger partial charge < -0.3 is 5.11 Å². The van der Waals surface area contributed by atoms with Gasteiger partial charge in [-0.3, -0.25) is 4.68 Å². The minimum Gasteiger partial charge on any atom is -0.393 e. The van der Waals surface area contributed by atoms with Gasteiger partial charge in [-0.2, -0.15) is 5.10 Å². The zero-order valence-corrected chi connectivity index (χ0v) is 9.39. The van der Waals surface area contributed by atoms with Crippen LogP contribution in [0.5, 0.6) is 0 Å². The highest BCUT2D eigenvalue weighted by atomic mass is 16.3. The molecule has 0 aromatic carbocycles. The van der Waals surface area contributed by atoms with Crippen molar-refractivity contribution in [2.75, 3.05) is 0 Å². The summed E-state index contributed by atoms with van der Waals surface area (Å²) in [6.07, 6.45) is 9.52. The number of hydrogen-bond acceptors (Lipinski definition) is 2. The van der Waals surface area contributed by atoms with Crippen molar-refractivity contribution in [3.63, 3.8) is 0 Å². The van der Waals surface area contributed by atoms with E-state index in [9.17, 15) is 5.11 Å². The van der Waals surface area contributed by atoms with Crippen LogP contribution in [0.3, 0.4) is 0 Å². The summed E-state index contributed by atoms with van der Waals surface area (Å²) >= 11 is 0. The number of aryl methyl sites for hydroxylation is 2. The molecule has 0 aliphatic heterocycles. The third-order valence-corrected chi connectivity index (χ3v) is 3.14. The Morgan fingerprint density at radius 1 is 1.60 bits per heavy atom. The van der Waals surface area contributed by atoms with Gasteiger partial charge in [-0.25, -0.2) is 0 Å². The van der Waals surface area contributed by atoms with E-state index in [0.717, 1.165) is 25.8 Å². The summed E-state index contributed by atoms with van der Waals surface area (Å²) in [5, 5.41) is 13.9. The Hall–Kier alpha value is -0.830. The molecule has 0 bridgehead atoms. The largest absolute Gasteiger partial charge is 0.393 e. The molecule has 1 heterocycles. The fraction of sp³-hybridized carbons (Fsp3) is 0.750. The standard InChI is InChI=1S/C12H20N2O/c1-2-14-9-10(8-13-14)4-3-5-12(15)11-6-7-11/h8-9,11-12,15H,2-7H2,1H3. The second-order valence-electron chi connectivity index (χ2n) is 4.50. The third-order valence-electron chi connectivity index (χ3n) is 3.14. The molecule has 1 fully saturated rings. The lowest BCUT2D eigenvalue weighted by molar-refractivity contribution is 0.139. The summed E-state index contributed by atoms with van der Waals surface area (Å²) in [6.45, 7) is 3.03. The van der Waals surface area contributed by atoms with E-state index in [2.05, 4.69) is 18.2 Å². The first kappa shape index (κ1) is 10.7. The molecule has 1 saturated carbocycles. The average Bonchev–Trinajstić information content (AvgIpc) is 2.99. The lowest BCUT2D eigenvalue weighted by Gasteiger charge is -2.07. The van der Waals surface area contributed by atoms with E-state index in [4.69, 9.17) is 0 Å². The molecular weight excluding hydrogens is 188 g/mol. The Balaban J connectivity index is 1.68. The van der Waals surface area contributed by atoms with Crippen molar-refractivity contribution < 1.29 is 5.11 Å². The summed E-state index contributed by atoms with van der Waals surface area (Å²) in [5.41, 5.74) is 1.29. The Labute approximate surface area is 91.1 Å². The summed E-state index contributed by atoms with van der Waals surface area (Å²) < 4.78 is 1.95. The second kappa shape index (κ2) is 4.79. The third kappa shape index (κ3) is 3.06. The van der Waals surface area contributed by atoms with Gasteiger partial charge in [0.1, 0.15) is 0 Å². The normalized spacial score (nSPS) is 18.0. The van der Waals surface area contributed by atoms with Crippen molar-refractivity contribution in [1.29, 1.82) is 0 Å². The van der Waals surface area contributed by atoms with E-state index in [1.165, 1.54) is 18.4 Å². The Morgan fingerprint density at radius 3 is 3.00 bits per heavy atom. The predicted molar refractivity (Wildman–Crippen MR) is 59.6 cm³/mol. The minimum atomic E-state index is -0.0498. The molecule has 1 aromatic rings. The molecule has 0 spiro atoms. The molecule has 2 rings (SSSR count). The molecule has 1 unspecified atom stereocenters. The van der Waals surface area contributed by atoms with Crippen LogP contribution in [0.15, 0.2) is 12.4 Å². The van der Waals surface area contributed by atoms with Gasteiger partial charge in [0, 0.05) is 12.7 Å². The van der Waals surface area contributed by atoms with Crippen LogP contribution in [0.1, 0.15) is 38.2 Å². The summed E-state index contributed by atoms with van der Waals surface area (Å²) in [6, 6.07) is 0. The van der Waals surface area contributed by atoms with Crippen molar-refractivity contribution in [2.45, 2.75) is 51.7 Å². The van der Waals surface area contributed by atoms with Crippen LogP contribution < -0.4 is 0 Å². The van der Waals surface area contributed by atoms with Gasteiger partial charge in [-0.05, 0) is 50.5 Å². The quantitative estimate of drug-likeness (QED) is 0.776. The molecule has 1 atom stereocenters. The fourth-order valence-corrected chi connectivity index (χ4v) is 1.94. The van der Waals surface area contributed by atoms with E-state index in [0.29, 0.717) is 5.92 Å². The number of hydrogen-bond donors (Lipinski definition) is 1. The zero-order valence-electron chi connectivity index (χ0n) is 9.39. The Kier molecular flexibility index (Phi) is 3.41. The highest BCUT2D eigenvalue weighted by Crippen LogP contribution is 2.34. The number of rotatable bonds is 6. The maximum absolute atomic E-state index is 9.70. The molecule has 1 aliphatic carbocycles. The molecule has 0 saturated heterocycles. The van der Waals surface area contributed by atoms with Gasteiger partial charge in [-0.15, -0.1) is 0 Å². The van der Waals surface area contributed by atoms with Crippen LogP contribution in [0.2, 0.25) is 0 Å². The SMILES string of the molecule is CCn1cc(CCCC(O)C2CC2)cn1. The molecular formula is C12H20N2O. The minimum absolute atomic E-state index is 0.0498. The molecule has 1 aliphatic rings. The van der Waals surface area contributed by atoms with Crippen LogP contribution in [0, 0.1) is 5.92 Å². The van der Waals surface area contributed by atoms with Crippen molar-refractivity contribution in [1.82, 2.24) is 9.78 Å². The van der Waals surface area contributed by atoms with Crippen molar-refractivity contribution >= 4 is 0 Å². The monoisotopic (exact) mass is 208 g/mol. The maximum Gasteiger partial charge on any atom is 0.0568 e. The molecule has 0 amide bonds. The molecule has 15 heavy (non-hydrogen) atoms. The van der Waals surface area contributed by atoms with Gasteiger partial charge in [0.05, 0.1) is 12.3 Å². The van der Waals surface area contributed by atoms with Gasteiger partial charge in [0.2, 0.25) is 0 Å². The fourth-order valence-electron chi connectivity index (χ4n) is 1.94. The summed E-state index contributed by atoms with van der Waals surface area (Å²) in [5.74, 6) is 0.614. The zero-order chi connectivity index (χ0) is 10.7. The van der Waals surface area contributed by atoms with Crippen LogP contribution in [0.4, 0.5) is 0 Å². The summed E-state index contributed by atoms with van der Waals surface area (Å²) in [4.78, 5) is 0. The lowest BCUT2D eigenvalue weighted by atomic mass is 10.1. The molecule has 3 nitrogen and oxygen atoms in total. The molecule has 1 aromatic heterocycles. The highest BCUT2D eigenvalue weighted by Gasteiger charge is 2.28. The summed E-state index contributed by atoms with van der Waals surface area (Å²) in [7, 11) is 0. The highest BCUT2D eigenvalue weighted by molar-refractivity contribution is 5.03. The predicted octanol–water partition coefficient (Wildman–Crippen LogP) is 2.00. The lowest BCUT2D eigenvalue weighted by Crippen LogP contribution is -2.08. The van der Waals surface area contributed by atoms with Crippen molar-refractivity contribution in [3.8, 4) is 0 Å². The van der Waals surface area contributed by atoms with Crippen LogP contribution in [-0.4, -0.2) is 21.0 Å². The maximum atomic E-state index is 9.70. The topological polar surface area (TPSA) is 38.0 Å². The van der Waals surface area contributed by atoms with E-state index in [1.54, 1.807) is 0 Å². The molecule has 1 N–H and O–H groups in total. The number of nitrogens with zero attached hydrogens (tertiary/aromatic N) is 2. The van der Waals surface area contributed by atoms with Gasteiger partial charge in [0.25, 0.3) is 0 Å². The first-order valence-corrected chi connectivity index (χ1v) is 5.99. The van der Waals surface area contributed by atoms with Gasteiger partial charge in [-0.1, -0.05) is 0 Å². The molecule has 84 valence electrons. The molecule has 0 radical (unpaired) electrons. The molecule has 3 heteroatoms. The average molecular weight is 208 g/mol. The first-order chi connectivity index (χ1) is 7.29. The Morgan fingerprint density at radius 2 is 2.40 bits per heavy atom. The van der Waals surface area contributed by atoms with Crippen LogP contribution >= 0.6 is 0 Å². The number of aliphatic hydroxyl groups is 1. The number of aliphatic hydroxyl groups excluding tert-OH is 1. The second-order valence-corrected chi connectivity index (χ2v) is 4.50. The van der Waals surface area contributed by atoms with E-state index >= 15 is 0 Å². The van der Waals surface area contributed by atoms with Crippen molar-refractivity contribution in [2.24, 2.45) is 5.92 Å². The smallest absolute Gasteiger partial charge is 0.0568 e. The van der Waals surface area contributed by atoms with E-state index in [-0.39, 0.29) is 6.10 Å². The first-order valence-electron chi connectivity index (χ1n) is 5.99. The van der Waals surface area contributed by atoms with E-state index in [1.807, 2.05) is 10.9 Å². The number of aromatic nitrogens is 2. The van der Waals surface area contributed by atoms with Gasteiger partial charge in [0.15, 0.2) is 0 Å². The van der Waals surface area contributed by atoms with Crippen molar-refractivity contribution in [3.05, 3.63) is 18.0 Å². The Bertz CT molecular complexity index is 304. The van der Waals surface area contributed by atoms with Crippen LogP contribution in [-0.2, 0) is 13.0 Å². The van der Waals surface area contributed by atoms with E-state index < -0.39 is 0 Å². The van der Waals surface area contributed by atoms with Gasteiger partial charge >= 0.3 is 0 Å². The van der Waals surface area contributed by atoms with Crippen LogP contribution in [0.25, 0.3) is 0 Å².